The lowest BCUT2D eigenvalue weighted by Gasteiger charge is -2.27. The van der Waals surface area contributed by atoms with E-state index >= 15 is 0 Å². The number of rotatable bonds is 1. The van der Waals surface area contributed by atoms with Crippen LogP contribution in [-0.4, -0.2) is 24.2 Å². The molecule has 0 aromatic heterocycles. The molecule has 0 aliphatic carbocycles. The van der Waals surface area contributed by atoms with Crippen molar-refractivity contribution in [1.82, 2.24) is 0 Å². The van der Waals surface area contributed by atoms with Gasteiger partial charge in [0.15, 0.2) is 0 Å². The van der Waals surface area contributed by atoms with Gasteiger partial charge in [-0.3, -0.25) is 0 Å². The molecule has 0 saturated carbocycles. The molecule has 0 atom stereocenters. The van der Waals surface area contributed by atoms with Crippen LogP contribution in [0.4, 0.5) is 48.3 Å². The molecule has 0 saturated heterocycles. The second kappa shape index (κ2) is 4.02. The minimum Gasteiger partial charge on any atom is -0.219 e. The van der Waals surface area contributed by atoms with E-state index in [0.717, 1.165) is 0 Å². The maximum atomic E-state index is 12.5. The van der Waals surface area contributed by atoms with Crippen LogP contribution in [0.3, 0.4) is 0 Å². The lowest BCUT2D eigenvalue weighted by atomic mass is 10.0. The Kier molecular flexibility index (Phi) is 3.77. The lowest BCUT2D eigenvalue weighted by molar-refractivity contribution is -0.323. The summed E-state index contributed by atoms with van der Waals surface area (Å²) in [6.07, 6.45) is -21.9. The average Bonchev–Trinajstić information content (AvgIpc) is 1.97. The third-order valence-electron chi connectivity index (χ3n) is 1.42. The number of hydrogen-bond acceptors (Lipinski definition) is 0. The first kappa shape index (κ1) is 16.0. The Bertz CT molecular complexity index is 285. The first-order valence-corrected chi connectivity index (χ1v) is 3.41. The molecule has 0 nitrogen and oxygen atoms in total. The van der Waals surface area contributed by atoms with Crippen molar-refractivity contribution in [3.8, 4) is 0 Å². The van der Waals surface area contributed by atoms with E-state index in [1.54, 1.807) is 0 Å². The van der Waals surface area contributed by atoms with Crippen molar-refractivity contribution in [2.75, 3.05) is 0 Å². The third-order valence-corrected chi connectivity index (χ3v) is 1.42. The fourth-order valence-corrected chi connectivity index (χ4v) is 0.581. The minimum atomic E-state index is -6.77. The Labute approximate surface area is 85.7 Å². The van der Waals surface area contributed by atoms with Crippen molar-refractivity contribution in [1.29, 1.82) is 0 Å². The zero-order valence-electron chi connectivity index (χ0n) is 7.23. The number of halogens is 11. The highest BCUT2D eigenvalue weighted by Gasteiger charge is 2.72. The van der Waals surface area contributed by atoms with Crippen molar-refractivity contribution >= 4 is 0 Å². The van der Waals surface area contributed by atoms with Crippen LogP contribution in [0.25, 0.3) is 0 Å². The van der Waals surface area contributed by atoms with Crippen molar-refractivity contribution in [2.45, 2.75) is 24.2 Å². The molecule has 0 bridgehead atoms. The van der Waals surface area contributed by atoms with Crippen molar-refractivity contribution in [3.63, 3.8) is 0 Å². The summed E-state index contributed by atoms with van der Waals surface area (Å²) in [5.74, 6) is -3.82. The normalized spacial score (nSPS) is 16.3. The summed E-state index contributed by atoms with van der Waals surface area (Å²) in [6, 6.07) is 0. The Morgan fingerprint density at radius 3 is 1.12 bits per heavy atom. The van der Waals surface area contributed by atoms with E-state index in [2.05, 4.69) is 0 Å². The molecule has 0 N–H and O–H groups in total. The third kappa shape index (κ3) is 3.22. The number of allylic oxidation sites excluding steroid dienone is 2. The Morgan fingerprint density at radius 1 is 0.647 bits per heavy atom. The van der Waals surface area contributed by atoms with Crippen LogP contribution in [0.15, 0.2) is 11.9 Å². The van der Waals surface area contributed by atoms with Gasteiger partial charge < -0.3 is 0 Å². The summed E-state index contributed by atoms with van der Waals surface area (Å²) in [4.78, 5) is 0. The average molecular weight is 282 g/mol. The zero-order chi connectivity index (χ0) is 14.3. The predicted molar refractivity (Wildman–Crippen MR) is 31.2 cm³/mol. The summed E-state index contributed by atoms with van der Waals surface area (Å²) in [6.45, 7) is 0. The summed E-state index contributed by atoms with van der Waals surface area (Å²) < 4.78 is 129. The van der Waals surface area contributed by atoms with E-state index < -0.39 is 36.1 Å². The second-order valence-corrected chi connectivity index (χ2v) is 2.70. The van der Waals surface area contributed by atoms with E-state index in [9.17, 15) is 48.3 Å². The van der Waals surface area contributed by atoms with Crippen LogP contribution < -0.4 is 0 Å². The molecule has 0 aliphatic heterocycles. The molecule has 17 heavy (non-hydrogen) atoms. The quantitative estimate of drug-likeness (QED) is 0.631. The molecule has 0 aromatic carbocycles. The SMILES string of the molecule is FC(=CC(F)(C(F)(F)F)C(F)(F)F)C(F)(F)F. The molecular formula is C6HF11. The van der Waals surface area contributed by atoms with Gasteiger partial charge in [0.2, 0.25) is 5.83 Å². The van der Waals surface area contributed by atoms with Crippen LogP contribution in [0.5, 0.6) is 0 Å². The van der Waals surface area contributed by atoms with Gasteiger partial charge in [0.05, 0.1) is 0 Å². The zero-order valence-corrected chi connectivity index (χ0v) is 7.23. The predicted octanol–water partition coefficient (Wildman–Crippen LogP) is 4.24. The Balaban J connectivity index is 5.73. The van der Waals surface area contributed by atoms with Gasteiger partial charge >= 0.3 is 24.2 Å². The largest absolute Gasteiger partial charge is 0.442 e. The van der Waals surface area contributed by atoms with Crippen LogP contribution in [-0.2, 0) is 0 Å². The van der Waals surface area contributed by atoms with Gasteiger partial charge in [-0.05, 0) is 0 Å². The van der Waals surface area contributed by atoms with E-state index in [1.807, 2.05) is 0 Å². The first-order chi connectivity index (χ1) is 7.13. The highest BCUT2D eigenvalue weighted by Crippen LogP contribution is 2.48. The standard InChI is InChI=1S/C6HF11/c7-2(4(9,10)11)1-3(8,5(12,13)14)6(15,16)17/h1H. The lowest BCUT2D eigenvalue weighted by Crippen LogP contribution is -2.52. The van der Waals surface area contributed by atoms with E-state index in [4.69, 9.17) is 0 Å². The molecule has 0 aromatic rings. The minimum absolute atomic E-state index is 2.19. The van der Waals surface area contributed by atoms with Gasteiger partial charge in [0.1, 0.15) is 0 Å². The van der Waals surface area contributed by atoms with Crippen LogP contribution in [0.1, 0.15) is 0 Å². The highest BCUT2D eigenvalue weighted by atomic mass is 19.4. The van der Waals surface area contributed by atoms with Crippen LogP contribution in [0, 0.1) is 0 Å². The van der Waals surface area contributed by atoms with Gasteiger partial charge in [-0.1, -0.05) is 0 Å². The fourth-order valence-electron chi connectivity index (χ4n) is 0.581. The highest BCUT2D eigenvalue weighted by molar-refractivity contribution is 5.16. The first-order valence-electron chi connectivity index (χ1n) is 3.41. The molecule has 0 amide bonds. The molecule has 11 heteroatoms. The molecular weight excluding hydrogens is 281 g/mol. The summed E-state index contributed by atoms with van der Waals surface area (Å²) in [5, 5.41) is 0. The molecule has 102 valence electrons. The van der Waals surface area contributed by atoms with Gasteiger partial charge in [-0.25, -0.2) is 8.78 Å². The smallest absolute Gasteiger partial charge is 0.219 e. The van der Waals surface area contributed by atoms with Crippen LogP contribution in [0.2, 0.25) is 0 Å². The number of alkyl halides is 10. The van der Waals surface area contributed by atoms with Crippen molar-refractivity contribution < 1.29 is 48.3 Å². The fraction of sp³-hybridized carbons (Fsp3) is 0.667. The molecule has 0 radical (unpaired) electrons. The number of hydrogen-bond donors (Lipinski definition) is 0. The van der Waals surface area contributed by atoms with E-state index in [-0.39, 0.29) is 0 Å². The molecule has 0 aliphatic rings. The monoisotopic (exact) mass is 282 g/mol. The maximum Gasteiger partial charge on any atom is 0.442 e. The van der Waals surface area contributed by atoms with Gasteiger partial charge in [0, 0.05) is 6.08 Å². The molecule has 0 fully saturated rings. The van der Waals surface area contributed by atoms with Gasteiger partial charge in [0.25, 0.3) is 0 Å². The topological polar surface area (TPSA) is 0 Å². The van der Waals surface area contributed by atoms with Gasteiger partial charge in [-0.2, -0.15) is 39.5 Å². The second-order valence-electron chi connectivity index (χ2n) is 2.70. The Morgan fingerprint density at radius 2 is 0.941 bits per heavy atom. The molecule has 0 rings (SSSR count). The van der Waals surface area contributed by atoms with Gasteiger partial charge in [-0.15, -0.1) is 0 Å². The van der Waals surface area contributed by atoms with E-state index in [1.165, 1.54) is 0 Å². The molecule has 0 heterocycles. The molecule has 0 spiro atoms. The van der Waals surface area contributed by atoms with Crippen molar-refractivity contribution in [2.24, 2.45) is 0 Å². The molecule has 0 unspecified atom stereocenters. The maximum absolute atomic E-state index is 12.5. The van der Waals surface area contributed by atoms with Crippen molar-refractivity contribution in [3.05, 3.63) is 11.9 Å². The van der Waals surface area contributed by atoms with Crippen LogP contribution >= 0.6 is 0 Å². The van der Waals surface area contributed by atoms with E-state index in [0.29, 0.717) is 0 Å². The summed E-state index contributed by atoms with van der Waals surface area (Å²) >= 11 is 0. The summed E-state index contributed by atoms with van der Waals surface area (Å²) in [5.41, 5.74) is -6.40. The summed E-state index contributed by atoms with van der Waals surface area (Å²) in [7, 11) is 0. The Hall–Kier alpha value is -1.03.